The van der Waals surface area contributed by atoms with Gasteiger partial charge < -0.3 is 4.90 Å². The van der Waals surface area contributed by atoms with E-state index >= 15 is 0 Å². The molecular weight excluding hydrogens is 379 g/mol. The minimum Gasteiger partial charge on any atom is -0.307 e. The van der Waals surface area contributed by atoms with Crippen LogP contribution in [0.1, 0.15) is 43.7 Å². The number of fused-ring (bicyclic) bond motifs is 1. The van der Waals surface area contributed by atoms with Crippen molar-refractivity contribution in [3.05, 3.63) is 59.9 Å². The average molecular weight is 401 g/mol. The van der Waals surface area contributed by atoms with Crippen LogP contribution in [0.15, 0.2) is 48.5 Å². The second-order valence-electron chi connectivity index (χ2n) is 7.34. The van der Waals surface area contributed by atoms with Gasteiger partial charge in [0, 0.05) is 23.0 Å². The summed E-state index contributed by atoms with van der Waals surface area (Å²) in [6.07, 6.45) is 5.28. The minimum atomic E-state index is -0.828. The van der Waals surface area contributed by atoms with Gasteiger partial charge in [-0.05, 0) is 37.1 Å². The number of carbonyl (C=O) groups is 2. The molecule has 2 aromatic rings. The van der Waals surface area contributed by atoms with E-state index in [1.165, 1.54) is 29.5 Å². The van der Waals surface area contributed by atoms with Crippen LogP contribution in [0.3, 0.4) is 0 Å². The molecule has 1 saturated carbocycles. The summed E-state index contributed by atoms with van der Waals surface area (Å²) in [7, 11) is 0. The number of halogens is 2. The molecule has 0 saturated heterocycles. The second kappa shape index (κ2) is 7.92. The number of nitrogens with zero attached hydrogens (tertiary/aromatic N) is 2. The number of hydrogen-bond acceptors (Lipinski definition) is 2. The van der Waals surface area contributed by atoms with Crippen LogP contribution in [0.25, 0.3) is 0 Å². The maximum absolute atomic E-state index is 13.9. The molecule has 2 amide bonds. The molecular formula is C22H22ClFN2O2. The number of para-hydroxylation sites is 1. The lowest BCUT2D eigenvalue weighted by molar-refractivity contribution is -0.123. The van der Waals surface area contributed by atoms with Crippen LogP contribution in [-0.4, -0.2) is 23.7 Å². The van der Waals surface area contributed by atoms with Crippen LogP contribution >= 0.6 is 11.6 Å². The van der Waals surface area contributed by atoms with Crippen LogP contribution < -0.4 is 9.80 Å². The van der Waals surface area contributed by atoms with Gasteiger partial charge in [-0.3, -0.25) is 14.5 Å². The zero-order valence-electron chi connectivity index (χ0n) is 15.5. The Hall–Kier alpha value is -2.40. The summed E-state index contributed by atoms with van der Waals surface area (Å²) in [4.78, 5) is 29.5. The highest BCUT2D eigenvalue weighted by atomic mass is 35.5. The summed E-state index contributed by atoms with van der Waals surface area (Å²) in [6.45, 7) is 0. The summed E-state index contributed by atoms with van der Waals surface area (Å²) in [5.74, 6) is -1.32. The number of anilines is 2. The third-order valence-electron chi connectivity index (χ3n) is 5.63. The summed E-state index contributed by atoms with van der Waals surface area (Å²) in [5, 5.41) is 0. The van der Waals surface area contributed by atoms with E-state index in [-0.39, 0.29) is 17.8 Å². The van der Waals surface area contributed by atoms with Gasteiger partial charge in [0.15, 0.2) is 0 Å². The van der Waals surface area contributed by atoms with Crippen molar-refractivity contribution in [1.82, 2.24) is 0 Å². The zero-order valence-corrected chi connectivity index (χ0v) is 16.2. The lowest BCUT2D eigenvalue weighted by Gasteiger charge is -2.33. The molecule has 0 aromatic heterocycles. The molecule has 6 heteroatoms. The van der Waals surface area contributed by atoms with E-state index in [4.69, 9.17) is 11.6 Å². The second-order valence-corrected chi connectivity index (χ2v) is 7.61. The predicted octanol–water partition coefficient (Wildman–Crippen LogP) is 4.82. The third kappa shape index (κ3) is 3.28. The molecule has 1 heterocycles. The van der Waals surface area contributed by atoms with E-state index in [1.807, 2.05) is 29.2 Å². The van der Waals surface area contributed by atoms with Gasteiger partial charge in [0.25, 0.3) is 5.91 Å². The fourth-order valence-corrected chi connectivity index (χ4v) is 4.54. The van der Waals surface area contributed by atoms with E-state index in [0.717, 1.165) is 36.9 Å². The number of alkyl halides is 1. The molecule has 0 N–H and O–H groups in total. The summed E-state index contributed by atoms with van der Waals surface area (Å²) in [6, 6.07) is 12.6. The van der Waals surface area contributed by atoms with Gasteiger partial charge in [0.1, 0.15) is 17.7 Å². The molecule has 0 bridgehead atoms. The highest BCUT2D eigenvalue weighted by Crippen LogP contribution is 2.44. The fraction of sp³-hybridized carbons (Fsp3) is 0.364. The molecule has 1 aliphatic carbocycles. The highest BCUT2D eigenvalue weighted by Gasteiger charge is 2.45. The monoisotopic (exact) mass is 400 g/mol. The van der Waals surface area contributed by atoms with Crippen molar-refractivity contribution in [2.24, 2.45) is 0 Å². The third-order valence-corrected chi connectivity index (χ3v) is 5.86. The minimum absolute atomic E-state index is 0.132. The maximum Gasteiger partial charge on any atom is 0.255 e. The SMILES string of the molecule is O=C1C(N(C(=O)CCl)c2cccc(F)c2)c2ccccc2N1C1CCCCC1. The first-order chi connectivity index (χ1) is 13.6. The smallest absolute Gasteiger partial charge is 0.255 e. The zero-order chi connectivity index (χ0) is 19.7. The summed E-state index contributed by atoms with van der Waals surface area (Å²) in [5.41, 5.74) is 1.94. The Labute approximate surface area is 168 Å². The van der Waals surface area contributed by atoms with Crippen LogP contribution in [0, 0.1) is 5.82 Å². The molecule has 4 rings (SSSR count). The molecule has 1 aliphatic heterocycles. The molecule has 0 radical (unpaired) electrons. The van der Waals surface area contributed by atoms with Crippen molar-refractivity contribution in [3.8, 4) is 0 Å². The van der Waals surface area contributed by atoms with Crippen LogP contribution in [0.5, 0.6) is 0 Å². The van der Waals surface area contributed by atoms with Crippen molar-refractivity contribution in [2.75, 3.05) is 15.7 Å². The molecule has 146 valence electrons. The quantitative estimate of drug-likeness (QED) is 0.690. The van der Waals surface area contributed by atoms with Gasteiger partial charge in [-0.2, -0.15) is 0 Å². The standard InChI is InChI=1S/C22H22ClFN2O2/c23-14-20(27)26(17-10-6-7-15(24)13-17)21-18-11-4-5-12-19(18)25(22(21)28)16-8-2-1-3-9-16/h4-7,10-13,16,21H,1-3,8-9,14H2. The van der Waals surface area contributed by atoms with Crippen molar-refractivity contribution >= 4 is 34.8 Å². The van der Waals surface area contributed by atoms with Gasteiger partial charge in [0.2, 0.25) is 5.91 Å². The fourth-order valence-electron chi connectivity index (χ4n) is 4.41. The Bertz CT molecular complexity index is 898. The number of amides is 2. The van der Waals surface area contributed by atoms with Gasteiger partial charge in [-0.15, -0.1) is 11.6 Å². The molecule has 28 heavy (non-hydrogen) atoms. The number of carbonyl (C=O) groups excluding carboxylic acids is 2. The van der Waals surface area contributed by atoms with E-state index in [2.05, 4.69) is 0 Å². The Kier molecular flexibility index (Phi) is 5.36. The van der Waals surface area contributed by atoms with Crippen LogP contribution in [-0.2, 0) is 9.59 Å². The molecule has 2 aliphatic rings. The van der Waals surface area contributed by atoms with E-state index in [1.54, 1.807) is 6.07 Å². The molecule has 1 unspecified atom stereocenters. The molecule has 0 spiro atoms. The molecule has 1 atom stereocenters. The maximum atomic E-state index is 13.9. The normalized spacial score (nSPS) is 19.6. The summed E-state index contributed by atoms with van der Waals surface area (Å²) < 4.78 is 13.9. The van der Waals surface area contributed by atoms with Crippen molar-refractivity contribution in [3.63, 3.8) is 0 Å². The molecule has 4 nitrogen and oxygen atoms in total. The van der Waals surface area contributed by atoms with E-state index in [9.17, 15) is 14.0 Å². The Balaban J connectivity index is 1.80. The van der Waals surface area contributed by atoms with Gasteiger partial charge in [0.05, 0.1) is 0 Å². The van der Waals surface area contributed by atoms with E-state index < -0.39 is 17.8 Å². The molecule has 1 fully saturated rings. The van der Waals surface area contributed by atoms with Gasteiger partial charge >= 0.3 is 0 Å². The lowest BCUT2D eigenvalue weighted by Crippen LogP contribution is -2.45. The van der Waals surface area contributed by atoms with Crippen molar-refractivity contribution < 1.29 is 14.0 Å². The van der Waals surface area contributed by atoms with Crippen LogP contribution in [0.4, 0.5) is 15.8 Å². The van der Waals surface area contributed by atoms with Crippen LogP contribution in [0.2, 0.25) is 0 Å². The largest absolute Gasteiger partial charge is 0.307 e. The van der Waals surface area contributed by atoms with Crippen molar-refractivity contribution in [2.45, 2.75) is 44.2 Å². The van der Waals surface area contributed by atoms with Gasteiger partial charge in [-0.25, -0.2) is 4.39 Å². The number of rotatable bonds is 4. The number of benzene rings is 2. The Morgan fingerprint density at radius 3 is 2.57 bits per heavy atom. The summed E-state index contributed by atoms with van der Waals surface area (Å²) >= 11 is 5.86. The Morgan fingerprint density at radius 1 is 1.11 bits per heavy atom. The first-order valence-electron chi connectivity index (χ1n) is 9.67. The van der Waals surface area contributed by atoms with Gasteiger partial charge in [-0.1, -0.05) is 43.5 Å². The first-order valence-corrected chi connectivity index (χ1v) is 10.2. The topological polar surface area (TPSA) is 40.6 Å². The lowest BCUT2D eigenvalue weighted by atomic mass is 9.94. The average Bonchev–Trinajstić information content (AvgIpc) is 3.01. The molecule has 2 aromatic carbocycles. The predicted molar refractivity (Wildman–Crippen MR) is 108 cm³/mol. The van der Waals surface area contributed by atoms with Crippen molar-refractivity contribution in [1.29, 1.82) is 0 Å². The highest BCUT2D eigenvalue weighted by molar-refractivity contribution is 6.30. The van der Waals surface area contributed by atoms with E-state index in [0.29, 0.717) is 5.69 Å². The number of hydrogen-bond donors (Lipinski definition) is 0. The first kappa shape index (κ1) is 18.9. The Morgan fingerprint density at radius 2 is 1.86 bits per heavy atom.